The van der Waals surface area contributed by atoms with Crippen molar-refractivity contribution in [2.24, 2.45) is 5.73 Å². The second kappa shape index (κ2) is 6.71. The molecule has 2 rings (SSSR count). The Hall–Kier alpha value is -1.35. The van der Waals surface area contributed by atoms with Crippen LogP contribution in [0.4, 0.5) is 0 Å². The summed E-state index contributed by atoms with van der Waals surface area (Å²) in [4.78, 5) is 12.0. The third kappa shape index (κ3) is 4.06. The van der Waals surface area contributed by atoms with Crippen LogP contribution in [0.1, 0.15) is 56.2 Å². The van der Waals surface area contributed by atoms with Crippen LogP contribution >= 0.6 is 0 Å². The molecule has 0 fully saturated rings. The number of carbonyl (C=O) groups is 1. The first-order valence-electron chi connectivity index (χ1n) is 7.29. The smallest absolute Gasteiger partial charge is 0.220 e. The Morgan fingerprint density at radius 1 is 1.47 bits per heavy atom. The van der Waals surface area contributed by atoms with Crippen LogP contribution in [0.15, 0.2) is 24.3 Å². The van der Waals surface area contributed by atoms with Crippen molar-refractivity contribution >= 4 is 5.91 Å². The standard InChI is InChI=1S/C16H24N2O/c1-12(17)6-4-11-16(19)18-15-10-5-8-13-7-2-3-9-14(13)15/h2-3,7,9,12,15H,4-6,8,10-11,17H2,1H3,(H,18,19). The number of nitrogens with two attached hydrogens (primary N) is 1. The minimum absolute atomic E-state index is 0.155. The monoisotopic (exact) mass is 260 g/mol. The maximum absolute atomic E-state index is 12.0. The lowest BCUT2D eigenvalue weighted by Crippen LogP contribution is -2.31. The highest BCUT2D eigenvalue weighted by Crippen LogP contribution is 2.29. The maximum atomic E-state index is 12.0. The van der Waals surface area contributed by atoms with Crippen molar-refractivity contribution in [3.8, 4) is 0 Å². The fraction of sp³-hybridized carbons (Fsp3) is 0.562. The van der Waals surface area contributed by atoms with E-state index in [4.69, 9.17) is 5.73 Å². The van der Waals surface area contributed by atoms with Gasteiger partial charge < -0.3 is 11.1 Å². The molecule has 3 nitrogen and oxygen atoms in total. The molecule has 19 heavy (non-hydrogen) atoms. The number of aryl methyl sites for hydroxylation is 1. The first-order chi connectivity index (χ1) is 9.16. The molecule has 0 radical (unpaired) electrons. The summed E-state index contributed by atoms with van der Waals surface area (Å²) in [5, 5.41) is 3.17. The minimum atomic E-state index is 0.155. The van der Waals surface area contributed by atoms with E-state index in [9.17, 15) is 4.79 Å². The highest BCUT2D eigenvalue weighted by atomic mass is 16.1. The Morgan fingerprint density at radius 2 is 2.26 bits per heavy atom. The van der Waals surface area contributed by atoms with Gasteiger partial charge in [-0.3, -0.25) is 4.79 Å². The summed E-state index contributed by atoms with van der Waals surface area (Å²) in [5.41, 5.74) is 8.38. The quantitative estimate of drug-likeness (QED) is 0.855. The van der Waals surface area contributed by atoms with Crippen molar-refractivity contribution in [2.75, 3.05) is 0 Å². The van der Waals surface area contributed by atoms with Crippen molar-refractivity contribution in [1.29, 1.82) is 0 Å². The van der Waals surface area contributed by atoms with Gasteiger partial charge in [0.05, 0.1) is 6.04 Å². The van der Waals surface area contributed by atoms with E-state index in [-0.39, 0.29) is 18.0 Å². The SMILES string of the molecule is CC(N)CCCC(=O)NC1CCCc2ccccc21. The van der Waals surface area contributed by atoms with E-state index in [1.165, 1.54) is 11.1 Å². The predicted octanol–water partition coefficient (Wildman–Crippen LogP) is 2.70. The summed E-state index contributed by atoms with van der Waals surface area (Å²) < 4.78 is 0. The summed E-state index contributed by atoms with van der Waals surface area (Å²) in [6.45, 7) is 1.98. The molecular weight excluding hydrogens is 236 g/mol. The van der Waals surface area contributed by atoms with Gasteiger partial charge in [-0.2, -0.15) is 0 Å². The Kier molecular flexibility index (Phi) is 4.97. The first kappa shape index (κ1) is 14.1. The lowest BCUT2D eigenvalue weighted by atomic mass is 9.87. The average Bonchev–Trinajstić information content (AvgIpc) is 2.39. The highest BCUT2D eigenvalue weighted by Gasteiger charge is 2.20. The molecule has 1 aliphatic carbocycles. The number of fused-ring (bicyclic) bond motifs is 1. The first-order valence-corrected chi connectivity index (χ1v) is 7.29. The van der Waals surface area contributed by atoms with E-state index in [0.29, 0.717) is 6.42 Å². The number of rotatable bonds is 5. The van der Waals surface area contributed by atoms with Crippen LogP contribution in [-0.4, -0.2) is 11.9 Å². The molecule has 2 atom stereocenters. The van der Waals surface area contributed by atoms with Gasteiger partial charge in [-0.15, -0.1) is 0 Å². The molecule has 0 saturated carbocycles. The molecule has 3 N–H and O–H groups in total. The topological polar surface area (TPSA) is 55.1 Å². The molecule has 1 amide bonds. The number of benzene rings is 1. The maximum Gasteiger partial charge on any atom is 0.220 e. The van der Waals surface area contributed by atoms with Gasteiger partial charge in [-0.1, -0.05) is 24.3 Å². The number of carbonyl (C=O) groups excluding carboxylic acids is 1. The fourth-order valence-corrected chi connectivity index (χ4v) is 2.75. The van der Waals surface area contributed by atoms with Gasteiger partial charge in [0.15, 0.2) is 0 Å². The summed E-state index contributed by atoms with van der Waals surface area (Å²) >= 11 is 0. The lowest BCUT2D eigenvalue weighted by molar-refractivity contribution is -0.122. The van der Waals surface area contributed by atoms with Crippen molar-refractivity contribution in [2.45, 2.75) is 57.5 Å². The number of nitrogens with one attached hydrogen (secondary N) is 1. The van der Waals surface area contributed by atoms with Crippen LogP contribution in [0, 0.1) is 0 Å². The van der Waals surface area contributed by atoms with Crippen LogP contribution in [0.5, 0.6) is 0 Å². The molecule has 104 valence electrons. The van der Waals surface area contributed by atoms with Crippen molar-refractivity contribution < 1.29 is 4.79 Å². The van der Waals surface area contributed by atoms with Gasteiger partial charge >= 0.3 is 0 Å². The average molecular weight is 260 g/mol. The molecule has 1 aliphatic rings. The Labute approximate surface area is 115 Å². The van der Waals surface area contributed by atoms with Gasteiger partial charge in [-0.05, 0) is 50.2 Å². The number of amides is 1. The van der Waals surface area contributed by atoms with Crippen LogP contribution in [-0.2, 0) is 11.2 Å². The zero-order valence-corrected chi connectivity index (χ0v) is 11.7. The van der Waals surface area contributed by atoms with Gasteiger partial charge in [0, 0.05) is 12.5 Å². The van der Waals surface area contributed by atoms with Gasteiger partial charge in [-0.25, -0.2) is 0 Å². The molecule has 2 unspecified atom stereocenters. The van der Waals surface area contributed by atoms with E-state index in [2.05, 4.69) is 29.6 Å². The molecule has 1 aromatic rings. The van der Waals surface area contributed by atoms with Gasteiger partial charge in [0.1, 0.15) is 0 Å². The van der Waals surface area contributed by atoms with Gasteiger partial charge in [0.2, 0.25) is 5.91 Å². The summed E-state index contributed by atoms with van der Waals surface area (Å²) in [6.07, 6.45) is 5.71. The highest BCUT2D eigenvalue weighted by molar-refractivity contribution is 5.76. The summed E-state index contributed by atoms with van der Waals surface area (Å²) in [7, 11) is 0. The van der Waals surface area contributed by atoms with Crippen molar-refractivity contribution in [3.63, 3.8) is 0 Å². The molecular formula is C16H24N2O. The summed E-state index contributed by atoms with van der Waals surface area (Å²) in [6, 6.07) is 8.83. The third-order valence-corrected chi connectivity index (χ3v) is 3.77. The molecule has 0 saturated heterocycles. The molecule has 0 heterocycles. The zero-order valence-electron chi connectivity index (χ0n) is 11.7. The van der Waals surface area contributed by atoms with E-state index in [0.717, 1.165) is 32.1 Å². The predicted molar refractivity (Wildman–Crippen MR) is 77.8 cm³/mol. The summed E-state index contributed by atoms with van der Waals surface area (Å²) in [5.74, 6) is 0.155. The Balaban J connectivity index is 1.88. The van der Waals surface area contributed by atoms with Crippen LogP contribution < -0.4 is 11.1 Å². The fourth-order valence-electron chi connectivity index (χ4n) is 2.75. The molecule has 0 aromatic heterocycles. The van der Waals surface area contributed by atoms with Crippen molar-refractivity contribution in [1.82, 2.24) is 5.32 Å². The number of hydrogen-bond donors (Lipinski definition) is 2. The molecule has 3 heteroatoms. The molecule has 0 spiro atoms. The Morgan fingerprint density at radius 3 is 3.05 bits per heavy atom. The second-order valence-corrected chi connectivity index (χ2v) is 5.58. The van der Waals surface area contributed by atoms with Crippen LogP contribution in [0.25, 0.3) is 0 Å². The third-order valence-electron chi connectivity index (χ3n) is 3.77. The molecule has 1 aromatic carbocycles. The van der Waals surface area contributed by atoms with Crippen molar-refractivity contribution in [3.05, 3.63) is 35.4 Å². The van der Waals surface area contributed by atoms with Gasteiger partial charge in [0.25, 0.3) is 0 Å². The van der Waals surface area contributed by atoms with Crippen LogP contribution in [0.3, 0.4) is 0 Å². The van der Waals surface area contributed by atoms with E-state index in [1.807, 2.05) is 6.92 Å². The normalized spacial score (nSPS) is 19.6. The van der Waals surface area contributed by atoms with E-state index in [1.54, 1.807) is 0 Å². The minimum Gasteiger partial charge on any atom is -0.349 e. The number of hydrogen-bond acceptors (Lipinski definition) is 2. The van der Waals surface area contributed by atoms with Crippen LogP contribution in [0.2, 0.25) is 0 Å². The largest absolute Gasteiger partial charge is 0.349 e. The molecule has 0 bridgehead atoms. The Bertz CT molecular complexity index is 429. The zero-order chi connectivity index (χ0) is 13.7. The lowest BCUT2D eigenvalue weighted by Gasteiger charge is -2.26. The van der Waals surface area contributed by atoms with E-state index < -0.39 is 0 Å². The molecule has 0 aliphatic heterocycles. The van der Waals surface area contributed by atoms with E-state index >= 15 is 0 Å². The second-order valence-electron chi connectivity index (χ2n) is 5.58.